The van der Waals surface area contributed by atoms with Crippen LogP contribution in [0.2, 0.25) is 0 Å². The van der Waals surface area contributed by atoms with Crippen LogP contribution in [0.1, 0.15) is 123 Å². The van der Waals surface area contributed by atoms with Gasteiger partial charge in [0, 0.05) is 0 Å². The smallest absolute Gasteiger partial charge is 1.00 e. The zero-order valence-electron chi connectivity index (χ0n) is 28.1. The zero-order valence-corrected chi connectivity index (χ0v) is 32.0. The molecular formula is C40H52Cl2Zr. The van der Waals surface area contributed by atoms with E-state index in [4.69, 9.17) is 0 Å². The van der Waals surface area contributed by atoms with Gasteiger partial charge in [-0.15, -0.1) is 0 Å². The van der Waals surface area contributed by atoms with Gasteiger partial charge in [-0.25, -0.2) is 0 Å². The fraction of sp³-hybridized carbons (Fsp3) is 0.575. The summed E-state index contributed by atoms with van der Waals surface area (Å²) < 4.78 is 5.43. The summed E-state index contributed by atoms with van der Waals surface area (Å²) in [6.07, 6.45) is 15.8. The molecule has 4 saturated carbocycles. The third kappa shape index (κ3) is 5.63. The van der Waals surface area contributed by atoms with Gasteiger partial charge in [-0.05, 0) is 0 Å². The summed E-state index contributed by atoms with van der Waals surface area (Å²) in [7, 11) is 0. The van der Waals surface area contributed by atoms with Crippen LogP contribution in [0, 0.1) is 29.1 Å². The third-order valence-corrected chi connectivity index (χ3v) is 19.7. The van der Waals surface area contributed by atoms with Crippen LogP contribution >= 0.6 is 0 Å². The number of rotatable bonds is 3. The Labute approximate surface area is 282 Å². The summed E-state index contributed by atoms with van der Waals surface area (Å²) >= 11 is -2.35. The van der Waals surface area contributed by atoms with Gasteiger partial charge in [0.2, 0.25) is 0 Å². The quantitative estimate of drug-likeness (QED) is 0.390. The third-order valence-electron chi connectivity index (χ3n) is 11.7. The summed E-state index contributed by atoms with van der Waals surface area (Å²) in [6, 6.07) is 12.4. The van der Waals surface area contributed by atoms with Crippen LogP contribution in [0.3, 0.4) is 0 Å². The maximum Gasteiger partial charge on any atom is -1.00 e. The van der Waals surface area contributed by atoms with E-state index in [2.05, 4.69) is 105 Å². The largest absolute Gasteiger partial charge is 1.00 e. The van der Waals surface area contributed by atoms with E-state index in [0.29, 0.717) is 11.3 Å². The predicted octanol–water partition coefficient (Wildman–Crippen LogP) is 3.99. The van der Waals surface area contributed by atoms with Crippen molar-refractivity contribution in [1.82, 2.24) is 0 Å². The number of fused-ring (bicyclic) bond motifs is 3. The van der Waals surface area contributed by atoms with E-state index >= 15 is 0 Å². The molecule has 4 fully saturated rings. The molecule has 0 saturated heterocycles. The minimum Gasteiger partial charge on any atom is -1.00 e. The minimum absolute atomic E-state index is 0. The van der Waals surface area contributed by atoms with Crippen molar-refractivity contribution in [2.24, 2.45) is 29.1 Å². The molecule has 8 rings (SSSR count). The van der Waals surface area contributed by atoms with Crippen molar-refractivity contribution in [3.05, 3.63) is 73.6 Å². The molecule has 2 aromatic carbocycles. The maximum atomic E-state index is 2.84. The second-order valence-electron chi connectivity index (χ2n) is 17.1. The van der Waals surface area contributed by atoms with Gasteiger partial charge in [0.05, 0.1) is 0 Å². The molecule has 2 aromatic rings. The molecule has 0 aliphatic heterocycles. The molecule has 230 valence electrons. The fourth-order valence-electron chi connectivity index (χ4n) is 10.1. The minimum atomic E-state index is -2.35. The van der Waals surface area contributed by atoms with Crippen molar-refractivity contribution in [1.29, 1.82) is 0 Å². The first-order chi connectivity index (χ1) is 19.2. The van der Waals surface area contributed by atoms with Crippen molar-refractivity contribution in [2.45, 2.75) is 118 Å². The zero-order chi connectivity index (χ0) is 29.1. The summed E-state index contributed by atoms with van der Waals surface area (Å²) in [5.41, 5.74) is 12.0. The monoisotopic (exact) mass is 692 g/mol. The number of hydrogen-bond acceptors (Lipinski definition) is 0. The molecule has 6 aliphatic rings. The molecule has 6 aliphatic carbocycles. The van der Waals surface area contributed by atoms with Crippen LogP contribution in [0.25, 0.3) is 11.1 Å². The fourth-order valence-corrected chi connectivity index (χ4v) is 18.6. The first kappa shape index (κ1) is 33.6. The molecule has 4 bridgehead atoms. The van der Waals surface area contributed by atoms with Crippen molar-refractivity contribution in [2.75, 3.05) is 0 Å². The van der Waals surface area contributed by atoms with Crippen molar-refractivity contribution in [3.8, 4) is 11.1 Å². The molecule has 0 heterocycles. The Bertz CT molecular complexity index is 1500. The first-order valence-corrected chi connectivity index (χ1v) is 20.3. The van der Waals surface area contributed by atoms with Gasteiger partial charge < -0.3 is 24.8 Å². The second-order valence-corrected chi connectivity index (χ2v) is 24.1. The molecule has 1 unspecified atom stereocenters. The van der Waals surface area contributed by atoms with Gasteiger partial charge in [-0.2, -0.15) is 0 Å². The molecule has 1 atom stereocenters. The van der Waals surface area contributed by atoms with Crippen LogP contribution in [0.4, 0.5) is 0 Å². The Kier molecular flexibility index (Phi) is 8.99. The molecule has 0 amide bonds. The maximum absolute atomic E-state index is 2.84. The number of benzene rings is 2. The predicted molar refractivity (Wildman–Crippen MR) is 174 cm³/mol. The van der Waals surface area contributed by atoms with Crippen LogP contribution < -0.4 is 28.1 Å². The molecular weight excluding hydrogens is 643 g/mol. The van der Waals surface area contributed by atoms with E-state index in [-0.39, 0.29) is 35.6 Å². The van der Waals surface area contributed by atoms with E-state index in [9.17, 15) is 0 Å². The number of halogens is 2. The molecule has 0 spiro atoms. The molecule has 0 radical (unpaired) electrons. The van der Waals surface area contributed by atoms with Crippen LogP contribution in [0.15, 0.2) is 51.3 Å². The Morgan fingerprint density at radius 2 is 1.37 bits per heavy atom. The summed E-state index contributed by atoms with van der Waals surface area (Å²) in [4.78, 5) is 0. The van der Waals surface area contributed by atoms with Gasteiger partial charge in [-0.1, -0.05) is 0 Å². The average Bonchev–Trinajstić information content (AvgIpc) is 3.43. The van der Waals surface area contributed by atoms with Gasteiger partial charge in [0.15, 0.2) is 0 Å². The normalized spacial score (nSPS) is 28.2. The summed E-state index contributed by atoms with van der Waals surface area (Å²) in [5.74, 6) is 3.62. The Morgan fingerprint density at radius 3 is 1.91 bits per heavy atom. The molecule has 43 heavy (non-hydrogen) atoms. The average molecular weight is 695 g/mol. The van der Waals surface area contributed by atoms with Crippen molar-refractivity contribution < 1.29 is 46.1 Å². The van der Waals surface area contributed by atoms with Gasteiger partial charge in [-0.3, -0.25) is 0 Å². The van der Waals surface area contributed by atoms with E-state index in [1.807, 2.05) is 6.55 Å². The van der Waals surface area contributed by atoms with E-state index < -0.39 is 21.3 Å². The topological polar surface area (TPSA) is 0 Å². The Morgan fingerprint density at radius 1 is 0.791 bits per heavy atom. The number of hydrogen-bond donors (Lipinski definition) is 0. The van der Waals surface area contributed by atoms with Crippen molar-refractivity contribution >= 4 is 6.48 Å². The SMILES string of the molecule is C[C](C)=[Zr+2]([C]1=CC(C23CC4CC(CC(C4)C2)C3)=CC1C)[c]1c(C(C)(C)C)ccc2c1Cc1cc(C(C)(C)C)ccc1-2.[Cl-].[Cl-]. The molecule has 0 nitrogen and oxygen atoms in total. The van der Waals surface area contributed by atoms with E-state index in [1.165, 1.54) is 55.2 Å². The van der Waals surface area contributed by atoms with Gasteiger partial charge in [0.25, 0.3) is 0 Å². The summed E-state index contributed by atoms with van der Waals surface area (Å²) in [5, 5.41) is 0. The first-order valence-electron chi connectivity index (χ1n) is 16.7. The Balaban J connectivity index is 0.00000184. The molecule has 0 N–H and O–H groups in total. The molecule has 0 aromatic heterocycles. The Hall–Kier alpha value is -0.747. The van der Waals surface area contributed by atoms with E-state index in [1.54, 1.807) is 25.5 Å². The van der Waals surface area contributed by atoms with E-state index in [0.717, 1.165) is 24.2 Å². The van der Waals surface area contributed by atoms with Crippen LogP contribution in [-0.4, -0.2) is 3.21 Å². The van der Waals surface area contributed by atoms with Crippen molar-refractivity contribution in [3.63, 3.8) is 0 Å². The number of allylic oxidation sites excluding steroid dienone is 4. The van der Waals surface area contributed by atoms with Gasteiger partial charge in [0.1, 0.15) is 0 Å². The standard InChI is InChI=1S/C21H25.C16H21.C3H6.2ClH.Zr/c1-20(2,3)16-7-9-18-14(12-16)11-15-13-17(21(4,5)6)8-10-19(15)18;1-11-2-3-15(4-11)16-8-12-5-13(9-16)7-14(6-12)10-16;1-3-2;;;/h7-10,12H,11H2,1-6H3;3-4,11-14H,5-10H2,1H3;1-2H3;2*1H;/q;;;;;+2/p-2. The van der Waals surface area contributed by atoms with Gasteiger partial charge >= 0.3 is 260 Å². The summed E-state index contributed by atoms with van der Waals surface area (Å²) in [6.45, 7) is 22.0. The van der Waals surface area contributed by atoms with Crippen LogP contribution in [0.5, 0.6) is 0 Å². The second kappa shape index (κ2) is 11.5. The van der Waals surface area contributed by atoms with Crippen LogP contribution in [-0.2, 0) is 38.5 Å². The molecule has 3 heteroatoms.